The lowest BCUT2D eigenvalue weighted by molar-refractivity contribution is -0.127. The minimum atomic E-state index is 0.144. The fourth-order valence-corrected chi connectivity index (χ4v) is 2.63. The molecule has 0 spiro atoms. The van der Waals surface area contributed by atoms with E-state index in [-0.39, 0.29) is 5.91 Å². The minimum Gasteiger partial charge on any atom is -0.382 e. The molecule has 0 saturated heterocycles. The fraction of sp³-hybridized carbons (Fsp3) is 0.562. The van der Waals surface area contributed by atoms with Gasteiger partial charge in [0.25, 0.3) is 0 Å². The van der Waals surface area contributed by atoms with E-state index in [0.717, 1.165) is 11.5 Å². The summed E-state index contributed by atoms with van der Waals surface area (Å²) in [5.41, 5.74) is 2.24. The van der Waals surface area contributed by atoms with Crippen molar-refractivity contribution >= 4 is 11.6 Å². The zero-order valence-corrected chi connectivity index (χ0v) is 12.1. The smallest absolute Gasteiger partial charge is 0.226 e. The summed E-state index contributed by atoms with van der Waals surface area (Å²) in [6.45, 7) is 2.31. The van der Waals surface area contributed by atoms with Crippen molar-refractivity contribution in [1.29, 1.82) is 0 Å². The molecule has 3 nitrogen and oxygen atoms in total. The molecule has 1 N–H and O–H groups in total. The van der Waals surface area contributed by atoms with Crippen LogP contribution in [0.5, 0.6) is 0 Å². The van der Waals surface area contributed by atoms with E-state index in [2.05, 4.69) is 24.4 Å². The molecule has 1 amide bonds. The predicted octanol–water partition coefficient (Wildman–Crippen LogP) is 2.92. The molecular weight excluding hydrogens is 236 g/mol. The molecule has 1 aliphatic carbocycles. The summed E-state index contributed by atoms with van der Waals surface area (Å²) < 4.78 is 0. The average molecular weight is 260 g/mol. The van der Waals surface area contributed by atoms with Gasteiger partial charge in [-0.15, -0.1) is 0 Å². The highest BCUT2D eigenvalue weighted by Crippen LogP contribution is 2.28. The zero-order chi connectivity index (χ0) is 13.8. The molecule has 104 valence electrons. The van der Waals surface area contributed by atoms with Crippen molar-refractivity contribution in [2.45, 2.75) is 38.6 Å². The molecule has 0 radical (unpaired) electrons. The molecule has 1 aromatic rings. The Hall–Kier alpha value is -1.51. The predicted molar refractivity (Wildman–Crippen MR) is 79.3 cm³/mol. The number of nitrogens with one attached hydrogen (secondary N) is 1. The standard InChI is InChI=1S/C16H24N2O/c1-12-5-4-6-15(12)17-14-9-7-13(8-10-14)11-16(19)18(2)3/h7-10,12,15,17H,4-6,11H2,1-3H3. The molecule has 0 aromatic heterocycles. The molecule has 2 rings (SSSR count). The summed E-state index contributed by atoms with van der Waals surface area (Å²) >= 11 is 0. The molecule has 3 heteroatoms. The first kappa shape index (κ1) is 13.9. The van der Waals surface area contributed by atoms with Crippen LogP contribution < -0.4 is 5.32 Å². The van der Waals surface area contributed by atoms with Crippen molar-refractivity contribution in [2.24, 2.45) is 5.92 Å². The maximum Gasteiger partial charge on any atom is 0.226 e. The number of benzene rings is 1. The van der Waals surface area contributed by atoms with E-state index in [1.165, 1.54) is 24.9 Å². The number of hydrogen-bond acceptors (Lipinski definition) is 2. The third kappa shape index (κ3) is 3.72. The molecular formula is C16H24N2O. The van der Waals surface area contributed by atoms with Gasteiger partial charge in [-0.3, -0.25) is 4.79 Å². The largest absolute Gasteiger partial charge is 0.382 e. The Balaban J connectivity index is 1.93. The molecule has 1 aromatic carbocycles. The van der Waals surface area contributed by atoms with Crippen LogP contribution >= 0.6 is 0 Å². The normalized spacial score (nSPS) is 22.3. The Morgan fingerprint density at radius 2 is 1.95 bits per heavy atom. The highest BCUT2D eigenvalue weighted by Gasteiger charge is 2.22. The van der Waals surface area contributed by atoms with Gasteiger partial charge < -0.3 is 10.2 Å². The van der Waals surface area contributed by atoms with E-state index in [0.29, 0.717) is 12.5 Å². The molecule has 1 aliphatic rings. The Morgan fingerprint density at radius 1 is 1.26 bits per heavy atom. The molecule has 0 heterocycles. The lowest BCUT2D eigenvalue weighted by Gasteiger charge is -2.19. The Bertz CT molecular complexity index is 425. The molecule has 0 bridgehead atoms. The van der Waals surface area contributed by atoms with Gasteiger partial charge in [-0.05, 0) is 36.5 Å². The third-order valence-corrected chi connectivity index (χ3v) is 4.02. The lowest BCUT2D eigenvalue weighted by Crippen LogP contribution is -2.23. The monoisotopic (exact) mass is 260 g/mol. The van der Waals surface area contributed by atoms with Gasteiger partial charge in [0.1, 0.15) is 0 Å². The van der Waals surface area contributed by atoms with Gasteiger partial charge in [-0.2, -0.15) is 0 Å². The van der Waals surface area contributed by atoms with Crippen molar-refractivity contribution in [3.05, 3.63) is 29.8 Å². The van der Waals surface area contributed by atoms with Crippen LogP contribution in [0.1, 0.15) is 31.7 Å². The van der Waals surface area contributed by atoms with Gasteiger partial charge in [0.15, 0.2) is 0 Å². The van der Waals surface area contributed by atoms with Crippen LogP contribution in [0.4, 0.5) is 5.69 Å². The van der Waals surface area contributed by atoms with E-state index < -0.39 is 0 Å². The molecule has 1 fully saturated rings. The summed E-state index contributed by atoms with van der Waals surface area (Å²) in [5.74, 6) is 0.903. The molecule has 0 aliphatic heterocycles. The summed E-state index contributed by atoms with van der Waals surface area (Å²) in [7, 11) is 3.58. The van der Waals surface area contributed by atoms with Crippen LogP contribution in [-0.4, -0.2) is 30.9 Å². The number of amides is 1. The summed E-state index contributed by atoms with van der Waals surface area (Å²) in [6, 6.07) is 8.87. The zero-order valence-electron chi connectivity index (χ0n) is 12.1. The molecule has 1 saturated carbocycles. The van der Waals surface area contributed by atoms with E-state index in [4.69, 9.17) is 0 Å². The third-order valence-electron chi connectivity index (χ3n) is 4.02. The van der Waals surface area contributed by atoms with Crippen LogP contribution in [0.3, 0.4) is 0 Å². The molecule has 2 atom stereocenters. The van der Waals surface area contributed by atoms with Gasteiger partial charge in [-0.25, -0.2) is 0 Å². The van der Waals surface area contributed by atoms with Crippen LogP contribution in [-0.2, 0) is 11.2 Å². The quantitative estimate of drug-likeness (QED) is 0.902. The maximum atomic E-state index is 11.6. The number of nitrogens with zero attached hydrogens (tertiary/aromatic N) is 1. The first-order valence-corrected chi connectivity index (χ1v) is 7.12. The highest BCUT2D eigenvalue weighted by molar-refractivity contribution is 5.78. The second-order valence-electron chi connectivity index (χ2n) is 5.82. The van der Waals surface area contributed by atoms with Crippen LogP contribution in [0.15, 0.2) is 24.3 Å². The van der Waals surface area contributed by atoms with Crippen molar-refractivity contribution in [1.82, 2.24) is 4.90 Å². The number of likely N-dealkylation sites (N-methyl/N-ethyl adjacent to an activating group) is 1. The lowest BCUT2D eigenvalue weighted by atomic mass is 10.1. The summed E-state index contributed by atoms with van der Waals surface area (Å²) in [6.07, 6.45) is 4.40. The Morgan fingerprint density at radius 3 is 2.47 bits per heavy atom. The minimum absolute atomic E-state index is 0.144. The van der Waals surface area contributed by atoms with Crippen molar-refractivity contribution < 1.29 is 4.79 Å². The van der Waals surface area contributed by atoms with Crippen molar-refractivity contribution in [2.75, 3.05) is 19.4 Å². The second kappa shape index (κ2) is 6.09. The van der Waals surface area contributed by atoms with Gasteiger partial charge in [-0.1, -0.05) is 25.5 Å². The van der Waals surface area contributed by atoms with Crippen LogP contribution in [0.25, 0.3) is 0 Å². The number of carbonyl (C=O) groups is 1. The first-order chi connectivity index (χ1) is 9.06. The number of carbonyl (C=O) groups excluding carboxylic acids is 1. The van der Waals surface area contributed by atoms with E-state index in [9.17, 15) is 4.79 Å². The van der Waals surface area contributed by atoms with Crippen LogP contribution in [0.2, 0.25) is 0 Å². The van der Waals surface area contributed by atoms with E-state index in [1.54, 1.807) is 19.0 Å². The Kier molecular flexibility index (Phi) is 4.46. The molecule has 19 heavy (non-hydrogen) atoms. The van der Waals surface area contributed by atoms with E-state index >= 15 is 0 Å². The highest BCUT2D eigenvalue weighted by atomic mass is 16.2. The van der Waals surface area contributed by atoms with Gasteiger partial charge in [0, 0.05) is 25.8 Å². The number of anilines is 1. The van der Waals surface area contributed by atoms with Gasteiger partial charge in [0.05, 0.1) is 6.42 Å². The Labute approximate surface area is 116 Å². The second-order valence-corrected chi connectivity index (χ2v) is 5.82. The van der Waals surface area contributed by atoms with Crippen molar-refractivity contribution in [3.8, 4) is 0 Å². The fourth-order valence-electron chi connectivity index (χ4n) is 2.63. The average Bonchev–Trinajstić information content (AvgIpc) is 2.77. The maximum absolute atomic E-state index is 11.6. The number of hydrogen-bond donors (Lipinski definition) is 1. The van der Waals surface area contributed by atoms with Crippen LogP contribution in [0, 0.1) is 5.92 Å². The summed E-state index contributed by atoms with van der Waals surface area (Å²) in [4.78, 5) is 13.3. The van der Waals surface area contributed by atoms with Gasteiger partial charge >= 0.3 is 0 Å². The molecule has 2 unspecified atom stereocenters. The van der Waals surface area contributed by atoms with Crippen molar-refractivity contribution in [3.63, 3.8) is 0 Å². The summed E-state index contributed by atoms with van der Waals surface area (Å²) in [5, 5.41) is 3.60. The topological polar surface area (TPSA) is 32.3 Å². The van der Waals surface area contributed by atoms with E-state index in [1.807, 2.05) is 12.1 Å². The number of rotatable bonds is 4. The first-order valence-electron chi connectivity index (χ1n) is 7.12. The van der Waals surface area contributed by atoms with Gasteiger partial charge in [0.2, 0.25) is 5.91 Å². The SMILES string of the molecule is CC1CCCC1Nc1ccc(CC(=O)N(C)C)cc1.